The number of benzene rings is 1. The number of carbonyl (C=O) groups is 1. The van der Waals surface area contributed by atoms with Crippen molar-refractivity contribution in [1.82, 2.24) is 9.80 Å². The average Bonchev–Trinajstić information content (AvgIpc) is 2.72. The molecule has 1 saturated heterocycles. The topological polar surface area (TPSA) is 32.8 Å². The lowest BCUT2D eigenvalue weighted by Crippen LogP contribution is -2.38. The van der Waals surface area contributed by atoms with Gasteiger partial charge in [-0.1, -0.05) is 24.3 Å². The minimum atomic E-state index is 0. The van der Waals surface area contributed by atoms with Crippen molar-refractivity contribution in [2.75, 3.05) is 39.3 Å². The van der Waals surface area contributed by atoms with Crippen molar-refractivity contribution in [3.8, 4) is 5.75 Å². The van der Waals surface area contributed by atoms with Crippen molar-refractivity contribution in [3.05, 3.63) is 42.5 Å². The summed E-state index contributed by atoms with van der Waals surface area (Å²) in [4.78, 5) is 16.5. The summed E-state index contributed by atoms with van der Waals surface area (Å²) in [6.07, 6.45) is 2.92. The van der Waals surface area contributed by atoms with Gasteiger partial charge in [0.25, 0.3) is 5.91 Å². The maximum absolute atomic E-state index is 12.3. The zero-order valence-corrected chi connectivity index (χ0v) is 14.0. The summed E-state index contributed by atoms with van der Waals surface area (Å²) >= 11 is 0. The number of nitrogens with zero attached hydrogens (tertiary/aromatic N) is 2. The van der Waals surface area contributed by atoms with E-state index < -0.39 is 0 Å². The molecule has 0 spiro atoms. The summed E-state index contributed by atoms with van der Waals surface area (Å²) in [5.41, 5.74) is 1.05. The molecule has 1 amide bonds. The standard InChI is InChI=1S/C17H24N2O2.ClH/c1-3-9-18-10-6-11-19(13-12-18)17(20)14-21-16-8-5-4-7-15(16)2;/h3-5,7-8H,1,6,9-14H2,2H3;1H. The highest BCUT2D eigenvalue weighted by molar-refractivity contribution is 5.85. The molecule has 0 atom stereocenters. The minimum absolute atomic E-state index is 0. The Hall–Kier alpha value is -1.52. The molecule has 0 unspecified atom stereocenters. The third-order valence-electron chi connectivity index (χ3n) is 3.77. The predicted molar refractivity (Wildman–Crippen MR) is 91.8 cm³/mol. The summed E-state index contributed by atoms with van der Waals surface area (Å²) in [6, 6.07) is 7.77. The minimum Gasteiger partial charge on any atom is -0.484 e. The van der Waals surface area contributed by atoms with E-state index in [1.807, 2.05) is 42.2 Å². The fourth-order valence-electron chi connectivity index (χ4n) is 2.53. The van der Waals surface area contributed by atoms with Crippen molar-refractivity contribution in [2.45, 2.75) is 13.3 Å². The van der Waals surface area contributed by atoms with Gasteiger partial charge in [-0.25, -0.2) is 0 Å². The molecule has 0 bridgehead atoms. The van der Waals surface area contributed by atoms with Crippen molar-refractivity contribution < 1.29 is 9.53 Å². The number of amides is 1. The molecule has 0 N–H and O–H groups in total. The van der Waals surface area contributed by atoms with Crippen LogP contribution in [0.4, 0.5) is 0 Å². The molecule has 1 aromatic rings. The number of ether oxygens (including phenoxy) is 1. The van der Waals surface area contributed by atoms with Crippen LogP contribution in [-0.2, 0) is 4.79 Å². The van der Waals surface area contributed by atoms with E-state index in [0.717, 1.165) is 50.5 Å². The summed E-state index contributed by atoms with van der Waals surface area (Å²) in [7, 11) is 0. The van der Waals surface area contributed by atoms with E-state index in [2.05, 4.69) is 11.5 Å². The van der Waals surface area contributed by atoms with E-state index in [9.17, 15) is 4.79 Å². The quantitative estimate of drug-likeness (QED) is 0.780. The smallest absolute Gasteiger partial charge is 0.260 e. The zero-order chi connectivity index (χ0) is 15.1. The van der Waals surface area contributed by atoms with Gasteiger partial charge in [-0.3, -0.25) is 9.69 Å². The van der Waals surface area contributed by atoms with Crippen LogP contribution in [0, 0.1) is 6.92 Å². The normalized spacial score (nSPS) is 15.6. The van der Waals surface area contributed by atoms with Gasteiger partial charge in [-0.05, 0) is 25.0 Å². The Morgan fingerprint density at radius 2 is 2.05 bits per heavy atom. The van der Waals surface area contributed by atoms with E-state index in [0.29, 0.717) is 0 Å². The Morgan fingerprint density at radius 3 is 2.77 bits per heavy atom. The average molecular weight is 325 g/mol. The SMILES string of the molecule is C=CCN1CCCN(C(=O)COc2ccccc2C)CC1.Cl. The van der Waals surface area contributed by atoms with Gasteiger partial charge in [-0.2, -0.15) is 0 Å². The Morgan fingerprint density at radius 1 is 1.27 bits per heavy atom. The molecule has 2 rings (SSSR count). The highest BCUT2D eigenvalue weighted by Crippen LogP contribution is 2.16. The summed E-state index contributed by atoms with van der Waals surface area (Å²) < 4.78 is 5.65. The molecule has 1 aliphatic heterocycles. The monoisotopic (exact) mass is 324 g/mol. The van der Waals surface area contributed by atoms with Gasteiger partial charge in [0.05, 0.1) is 0 Å². The highest BCUT2D eigenvalue weighted by atomic mass is 35.5. The number of para-hydroxylation sites is 1. The third kappa shape index (κ3) is 5.35. The third-order valence-corrected chi connectivity index (χ3v) is 3.77. The predicted octanol–water partition coefficient (Wildman–Crippen LogP) is 2.52. The van der Waals surface area contributed by atoms with Crippen LogP contribution in [0.5, 0.6) is 5.75 Å². The van der Waals surface area contributed by atoms with Crippen LogP contribution in [0.15, 0.2) is 36.9 Å². The largest absolute Gasteiger partial charge is 0.484 e. The first-order valence-corrected chi connectivity index (χ1v) is 7.50. The van der Waals surface area contributed by atoms with Gasteiger partial charge in [0.15, 0.2) is 6.61 Å². The molecule has 22 heavy (non-hydrogen) atoms. The number of hydrogen-bond acceptors (Lipinski definition) is 3. The molecule has 122 valence electrons. The first-order chi connectivity index (χ1) is 10.2. The lowest BCUT2D eigenvalue weighted by molar-refractivity contribution is -0.133. The zero-order valence-electron chi connectivity index (χ0n) is 13.2. The van der Waals surface area contributed by atoms with Crippen LogP contribution in [0.3, 0.4) is 0 Å². The van der Waals surface area contributed by atoms with Crippen LogP contribution in [0.25, 0.3) is 0 Å². The maximum Gasteiger partial charge on any atom is 0.260 e. The molecular weight excluding hydrogens is 300 g/mol. The molecule has 4 nitrogen and oxygen atoms in total. The van der Waals surface area contributed by atoms with Crippen LogP contribution >= 0.6 is 12.4 Å². The highest BCUT2D eigenvalue weighted by Gasteiger charge is 2.18. The second-order valence-corrected chi connectivity index (χ2v) is 5.38. The lowest BCUT2D eigenvalue weighted by Gasteiger charge is -2.21. The molecule has 1 fully saturated rings. The number of rotatable bonds is 5. The fourth-order valence-corrected chi connectivity index (χ4v) is 2.53. The van der Waals surface area contributed by atoms with Crippen molar-refractivity contribution in [3.63, 3.8) is 0 Å². The first kappa shape index (κ1) is 18.5. The van der Waals surface area contributed by atoms with Crippen LogP contribution < -0.4 is 4.74 Å². The molecule has 5 heteroatoms. The van der Waals surface area contributed by atoms with Crippen LogP contribution in [-0.4, -0.2) is 55.0 Å². The number of aryl methyl sites for hydroxylation is 1. The summed E-state index contributed by atoms with van der Waals surface area (Å²) in [5, 5.41) is 0. The van der Waals surface area contributed by atoms with Crippen LogP contribution in [0.2, 0.25) is 0 Å². The maximum atomic E-state index is 12.3. The molecule has 0 radical (unpaired) electrons. The van der Waals surface area contributed by atoms with E-state index in [1.165, 1.54) is 0 Å². The van der Waals surface area contributed by atoms with Gasteiger partial charge in [-0.15, -0.1) is 19.0 Å². The van der Waals surface area contributed by atoms with E-state index in [-0.39, 0.29) is 24.9 Å². The summed E-state index contributed by atoms with van der Waals surface area (Å²) in [5.74, 6) is 0.854. The molecule has 1 aliphatic rings. The van der Waals surface area contributed by atoms with Gasteiger partial charge in [0.2, 0.25) is 0 Å². The van der Waals surface area contributed by atoms with Gasteiger partial charge in [0.1, 0.15) is 5.75 Å². The molecule has 0 aliphatic carbocycles. The Labute approximate surface area is 139 Å². The van der Waals surface area contributed by atoms with E-state index >= 15 is 0 Å². The second-order valence-electron chi connectivity index (χ2n) is 5.38. The Balaban J connectivity index is 0.00000242. The molecule has 1 aromatic carbocycles. The van der Waals surface area contributed by atoms with E-state index in [4.69, 9.17) is 4.74 Å². The first-order valence-electron chi connectivity index (χ1n) is 7.50. The van der Waals surface area contributed by atoms with Crippen molar-refractivity contribution >= 4 is 18.3 Å². The molecule has 0 aromatic heterocycles. The van der Waals surface area contributed by atoms with Crippen molar-refractivity contribution in [1.29, 1.82) is 0 Å². The molecule has 0 saturated carbocycles. The second kappa shape index (κ2) is 9.49. The summed E-state index contributed by atoms with van der Waals surface area (Å²) in [6.45, 7) is 10.3. The molecular formula is C17H25ClN2O2. The van der Waals surface area contributed by atoms with Gasteiger partial charge < -0.3 is 9.64 Å². The van der Waals surface area contributed by atoms with Gasteiger partial charge in [0, 0.05) is 32.7 Å². The number of carbonyl (C=O) groups excluding carboxylic acids is 1. The Kier molecular flexibility index (Phi) is 7.99. The van der Waals surface area contributed by atoms with Crippen LogP contribution in [0.1, 0.15) is 12.0 Å². The van der Waals surface area contributed by atoms with Gasteiger partial charge >= 0.3 is 0 Å². The van der Waals surface area contributed by atoms with E-state index in [1.54, 1.807) is 0 Å². The van der Waals surface area contributed by atoms with Crippen molar-refractivity contribution in [2.24, 2.45) is 0 Å². The molecule has 1 heterocycles. The number of halogens is 1. The fraction of sp³-hybridized carbons (Fsp3) is 0.471. The Bertz CT molecular complexity index is 493. The number of hydrogen-bond donors (Lipinski definition) is 0. The lowest BCUT2D eigenvalue weighted by atomic mass is 10.2.